The first kappa shape index (κ1) is 15.9. The van der Waals surface area contributed by atoms with Gasteiger partial charge in [0.25, 0.3) is 5.91 Å². The van der Waals surface area contributed by atoms with E-state index in [0.717, 1.165) is 29.7 Å². The molecule has 2 aromatic heterocycles. The summed E-state index contributed by atoms with van der Waals surface area (Å²) >= 11 is 0. The van der Waals surface area contributed by atoms with Gasteiger partial charge in [-0.05, 0) is 31.0 Å². The SMILES string of the molecule is Cc1ccc(CCNC(=O)c2cnccc2C(F)(F)F)cn1. The molecule has 0 bridgehead atoms. The highest BCUT2D eigenvalue weighted by atomic mass is 19.4. The van der Waals surface area contributed by atoms with Gasteiger partial charge in [-0.2, -0.15) is 13.2 Å². The molecular formula is C15H14F3N3O. The maximum Gasteiger partial charge on any atom is 0.417 e. The van der Waals surface area contributed by atoms with Crippen molar-refractivity contribution in [2.45, 2.75) is 19.5 Å². The van der Waals surface area contributed by atoms with Crippen LogP contribution in [0.2, 0.25) is 0 Å². The Morgan fingerprint density at radius 2 is 2.00 bits per heavy atom. The lowest BCUT2D eigenvalue weighted by Gasteiger charge is -2.12. The molecule has 0 radical (unpaired) electrons. The molecular weight excluding hydrogens is 295 g/mol. The lowest BCUT2D eigenvalue weighted by Crippen LogP contribution is -2.28. The highest BCUT2D eigenvalue weighted by Crippen LogP contribution is 2.31. The minimum absolute atomic E-state index is 0.218. The van der Waals surface area contributed by atoms with Crippen LogP contribution in [0.25, 0.3) is 0 Å². The molecule has 0 saturated heterocycles. The Balaban J connectivity index is 2.00. The van der Waals surface area contributed by atoms with Gasteiger partial charge >= 0.3 is 6.18 Å². The maximum atomic E-state index is 12.8. The molecule has 4 nitrogen and oxygen atoms in total. The van der Waals surface area contributed by atoms with Crippen molar-refractivity contribution in [2.75, 3.05) is 6.54 Å². The van der Waals surface area contributed by atoms with Crippen molar-refractivity contribution in [1.82, 2.24) is 15.3 Å². The largest absolute Gasteiger partial charge is 0.417 e. The van der Waals surface area contributed by atoms with E-state index in [9.17, 15) is 18.0 Å². The molecule has 0 atom stereocenters. The van der Waals surface area contributed by atoms with Crippen molar-refractivity contribution in [1.29, 1.82) is 0 Å². The molecule has 0 aliphatic heterocycles. The van der Waals surface area contributed by atoms with Crippen LogP contribution in [0.5, 0.6) is 0 Å². The molecule has 0 aliphatic rings. The molecule has 0 saturated carbocycles. The van der Waals surface area contributed by atoms with Crippen LogP contribution in [0.1, 0.15) is 27.2 Å². The van der Waals surface area contributed by atoms with Gasteiger partial charge in [-0.3, -0.25) is 14.8 Å². The topological polar surface area (TPSA) is 54.9 Å². The molecule has 1 N–H and O–H groups in total. The summed E-state index contributed by atoms with van der Waals surface area (Å²) in [6.07, 6.45) is -0.493. The number of aryl methyl sites for hydroxylation is 1. The van der Waals surface area contributed by atoms with Crippen molar-refractivity contribution in [3.05, 3.63) is 59.2 Å². The standard InChI is InChI=1S/C15H14F3N3O/c1-10-2-3-11(8-21-10)4-7-20-14(22)12-9-19-6-5-13(12)15(16,17)18/h2-3,5-6,8-9H,4,7H2,1H3,(H,20,22). The van der Waals surface area contributed by atoms with Crippen molar-refractivity contribution in [3.63, 3.8) is 0 Å². The molecule has 0 spiro atoms. The lowest BCUT2D eigenvalue weighted by molar-refractivity contribution is -0.138. The zero-order valence-electron chi connectivity index (χ0n) is 11.8. The van der Waals surface area contributed by atoms with E-state index in [1.54, 1.807) is 6.20 Å². The van der Waals surface area contributed by atoms with Crippen LogP contribution < -0.4 is 5.32 Å². The molecule has 0 fully saturated rings. The zero-order chi connectivity index (χ0) is 16.2. The summed E-state index contributed by atoms with van der Waals surface area (Å²) in [4.78, 5) is 19.6. The van der Waals surface area contributed by atoms with E-state index >= 15 is 0 Å². The number of nitrogens with one attached hydrogen (secondary N) is 1. The van der Waals surface area contributed by atoms with Crippen molar-refractivity contribution in [2.24, 2.45) is 0 Å². The predicted octanol–water partition coefficient (Wildman–Crippen LogP) is 2.78. The van der Waals surface area contributed by atoms with E-state index in [2.05, 4.69) is 15.3 Å². The van der Waals surface area contributed by atoms with Crippen LogP contribution >= 0.6 is 0 Å². The third-order valence-corrected chi connectivity index (χ3v) is 3.04. The summed E-state index contributed by atoms with van der Waals surface area (Å²) < 4.78 is 38.5. The Kier molecular flexibility index (Phi) is 4.75. The Hall–Kier alpha value is -2.44. The van der Waals surface area contributed by atoms with E-state index in [1.165, 1.54) is 0 Å². The molecule has 0 aromatic carbocycles. The summed E-state index contributed by atoms with van der Waals surface area (Å²) in [6, 6.07) is 4.48. The maximum absolute atomic E-state index is 12.8. The molecule has 2 rings (SSSR count). The Morgan fingerprint density at radius 1 is 1.23 bits per heavy atom. The summed E-state index contributed by atoms with van der Waals surface area (Å²) in [5.74, 6) is -0.791. The van der Waals surface area contributed by atoms with Crippen LogP contribution in [-0.2, 0) is 12.6 Å². The number of carbonyl (C=O) groups excluding carboxylic acids is 1. The van der Waals surface area contributed by atoms with Gasteiger partial charge in [-0.1, -0.05) is 6.07 Å². The van der Waals surface area contributed by atoms with Gasteiger partial charge < -0.3 is 5.32 Å². The van der Waals surface area contributed by atoms with E-state index < -0.39 is 23.2 Å². The fourth-order valence-corrected chi connectivity index (χ4v) is 1.88. The molecule has 2 aromatic rings. The number of hydrogen-bond acceptors (Lipinski definition) is 3. The molecule has 0 unspecified atom stereocenters. The number of carbonyl (C=O) groups is 1. The number of amides is 1. The highest BCUT2D eigenvalue weighted by Gasteiger charge is 2.35. The average Bonchev–Trinajstić information content (AvgIpc) is 2.48. The second-order valence-electron chi connectivity index (χ2n) is 4.73. The van der Waals surface area contributed by atoms with Gasteiger partial charge in [-0.25, -0.2) is 0 Å². The molecule has 22 heavy (non-hydrogen) atoms. The van der Waals surface area contributed by atoms with E-state index in [4.69, 9.17) is 0 Å². The lowest BCUT2D eigenvalue weighted by atomic mass is 10.1. The molecule has 1 amide bonds. The predicted molar refractivity (Wildman–Crippen MR) is 74.3 cm³/mol. The second kappa shape index (κ2) is 6.55. The highest BCUT2D eigenvalue weighted by molar-refractivity contribution is 5.95. The van der Waals surface area contributed by atoms with Gasteiger partial charge in [0.15, 0.2) is 0 Å². The fourth-order valence-electron chi connectivity index (χ4n) is 1.88. The van der Waals surface area contributed by atoms with Crippen LogP contribution in [0.15, 0.2) is 36.8 Å². The third kappa shape index (κ3) is 4.03. The molecule has 0 aliphatic carbocycles. The van der Waals surface area contributed by atoms with Crippen molar-refractivity contribution >= 4 is 5.91 Å². The van der Waals surface area contributed by atoms with E-state index in [-0.39, 0.29) is 6.54 Å². The Labute approximate surface area is 125 Å². The van der Waals surface area contributed by atoms with Crippen molar-refractivity contribution < 1.29 is 18.0 Å². The monoisotopic (exact) mass is 309 g/mol. The summed E-state index contributed by atoms with van der Waals surface area (Å²) in [7, 11) is 0. The number of pyridine rings is 2. The number of aromatic nitrogens is 2. The Bertz CT molecular complexity index is 654. The van der Waals surface area contributed by atoms with E-state index in [1.807, 2.05) is 19.1 Å². The first-order valence-electron chi connectivity index (χ1n) is 6.59. The Morgan fingerprint density at radius 3 is 2.64 bits per heavy atom. The van der Waals surface area contributed by atoms with E-state index in [0.29, 0.717) is 6.42 Å². The second-order valence-corrected chi connectivity index (χ2v) is 4.73. The first-order chi connectivity index (χ1) is 10.4. The fraction of sp³-hybridized carbons (Fsp3) is 0.267. The van der Waals surface area contributed by atoms with Crippen LogP contribution in [0.3, 0.4) is 0 Å². The summed E-state index contributed by atoms with van der Waals surface area (Å²) in [6.45, 7) is 2.07. The van der Waals surface area contributed by atoms with Crippen molar-refractivity contribution in [3.8, 4) is 0 Å². The van der Waals surface area contributed by atoms with Gasteiger partial charge in [0, 0.05) is 30.8 Å². The minimum Gasteiger partial charge on any atom is -0.352 e. The van der Waals surface area contributed by atoms with Crippen LogP contribution in [-0.4, -0.2) is 22.4 Å². The van der Waals surface area contributed by atoms with Crippen LogP contribution in [0.4, 0.5) is 13.2 Å². The number of nitrogens with zero attached hydrogens (tertiary/aromatic N) is 2. The molecule has 2 heterocycles. The third-order valence-electron chi connectivity index (χ3n) is 3.04. The number of halogens is 3. The van der Waals surface area contributed by atoms with Gasteiger partial charge in [0.1, 0.15) is 0 Å². The quantitative estimate of drug-likeness (QED) is 0.945. The number of rotatable bonds is 4. The summed E-state index contributed by atoms with van der Waals surface area (Å²) in [5.41, 5.74) is 0.306. The molecule has 116 valence electrons. The number of alkyl halides is 3. The minimum atomic E-state index is -4.59. The van der Waals surface area contributed by atoms with Gasteiger partial charge in [-0.15, -0.1) is 0 Å². The normalized spacial score (nSPS) is 11.3. The first-order valence-corrected chi connectivity index (χ1v) is 6.59. The van der Waals surface area contributed by atoms with Gasteiger partial charge in [0.05, 0.1) is 11.1 Å². The van der Waals surface area contributed by atoms with Gasteiger partial charge in [0.2, 0.25) is 0 Å². The average molecular weight is 309 g/mol. The zero-order valence-corrected chi connectivity index (χ0v) is 11.8. The number of hydrogen-bond donors (Lipinski definition) is 1. The summed E-state index contributed by atoms with van der Waals surface area (Å²) in [5, 5.41) is 2.47. The van der Waals surface area contributed by atoms with Crippen LogP contribution in [0, 0.1) is 6.92 Å². The smallest absolute Gasteiger partial charge is 0.352 e. The molecule has 7 heteroatoms.